The molecule has 2 heterocycles. The van der Waals surface area contributed by atoms with Gasteiger partial charge >= 0.3 is 0 Å². The standard InChI is InChI=1S/C22H30N4O/c1-16(2)26(15-19-10-6-5-7-11-19)22-23-18(4)13-20(24-22)21(27)25-12-8-9-17(3)14-25/h5-7,10-11,13,16-17H,8-9,12,14-15H2,1-4H3. The van der Waals surface area contributed by atoms with Crippen LogP contribution >= 0.6 is 0 Å². The van der Waals surface area contributed by atoms with Crippen molar-refractivity contribution in [3.8, 4) is 0 Å². The maximum atomic E-state index is 13.0. The van der Waals surface area contributed by atoms with E-state index in [-0.39, 0.29) is 11.9 Å². The number of carbonyl (C=O) groups excluding carboxylic acids is 1. The molecule has 1 aliphatic heterocycles. The van der Waals surface area contributed by atoms with Crippen molar-refractivity contribution >= 4 is 11.9 Å². The number of aromatic nitrogens is 2. The number of hydrogen-bond donors (Lipinski definition) is 0. The summed E-state index contributed by atoms with van der Waals surface area (Å²) >= 11 is 0. The predicted octanol–water partition coefficient (Wildman–Crippen LogP) is 4.07. The minimum atomic E-state index is 0.0247. The van der Waals surface area contributed by atoms with Crippen molar-refractivity contribution in [1.82, 2.24) is 14.9 Å². The lowest BCUT2D eigenvalue weighted by Gasteiger charge is -2.31. The molecular formula is C22H30N4O. The van der Waals surface area contributed by atoms with Crippen molar-refractivity contribution in [1.29, 1.82) is 0 Å². The lowest BCUT2D eigenvalue weighted by Crippen LogP contribution is -2.40. The Morgan fingerprint density at radius 1 is 1.26 bits per heavy atom. The van der Waals surface area contributed by atoms with E-state index in [1.807, 2.05) is 36.1 Å². The molecule has 1 aromatic carbocycles. The first-order valence-electron chi connectivity index (χ1n) is 9.89. The van der Waals surface area contributed by atoms with Gasteiger partial charge < -0.3 is 9.80 Å². The second kappa shape index (κ2) is 8.51. The van der Waals surface area contributed by atoms with Crippen LogP contribution in [0, 0.1) is 12.8 Å². The van der Waals surface area contributed by atoms with Crippen LogP contribution < -0.4 is 4.90 Å². The molecule has 1 fully saturated rings. The molecule has 5 nitrogen and oxygen atoms in total. The van der Waals surface area contributed by atoms with Crippen molar-refractivity contribution in [3.05, 3.63) is 53.3 Å². The van der Waals surface area contributed by atoms with E-state index in [9.17, 15) is 4.79 Å². The second-order valence-corrected chi connectivity index (χ2v) is 7.90. The van der Waals surface area contributed by atoms with Gasteiger partial charge in [0.25, 0.3) is 5.91 Å². The van der Waals surface area contributed by atoms with E-state index in [1.165, 1.54) is 12.0 Å². The van der Waals surface area contributed by atoms with Crippen molar-refractivity contribution in [2.24, 2.45) is 5.92 Å². The summed E-state index contributed by atoms with van der Waals surface area (Å²) in [5, 5.41) is 0. The van der Waals surface area contributed by atoms with Gasteiger partial charge in [0, 0.05) is 31.4 Å². The molecule has 144 valence electrons. The number of aryl methyl sites for hydroxylation is 1. The second-order valence-electron chi connectivity index (χ2n) is 7.90. The van der Waals surface area contributed by atoms with E-state index in [4.69, 9.17) is 0 Å². The van der Waals surface area contributed by atoms with Crippen LogP contribution in [0.4, 0.5) is 5.95 Å². The van der Waals surface area contributed by atoms with Crippen LogP contribution in [0.2, 0.25) is 0 Å². The van der Waals surface area contributed by atoms with Gasteiger partial charge in [0.15, 0.2) is 0 Å². The molecule has 0 saturated carbocycles. The number of likely N-dealkylation sites (tertiary alicyclic amines) is 1. The fraction of sp³-hybridized carbons (Fsp3) is 0.500. The zero-order valence-electron chi connectivity index (χ0n) is 16.9. The molecule has 1 unspecified atom stereocenters. The highest BCUT2D eigenvalue weighted by molar-refractivity contribution is 5.92. The predicted molar refractivity (Wildman–Crippen MR) is 109 cm³/mol. The molecule has 3 rings (SSSR count). The Kier molecular flexibility index (Phi) is 6.09. The van der Waals surface area contributed by atoms with E-state index in [2.05, 4.69) is 47.8 Å². The summed E-state index contributed by atoms with van der Waals surface area (Å²) in [5.41, 5.74) is 2.53. The van der Waals surface area contributed by atoms with Gasteiger partial charge in [-0.2, -0.15) is 0 Å². The van der Waals surface area contributed by atoms with Crippen molar-refractivity contribution in [2.75, 3.05) is 18.0 Å². The van der Waals surface area contributed by atoms with E-state index >= 15 is 0 Å². The van der Waals surface area contributed by atoms with Crippen LogP contribution in [0.3, 0.4) is 0 Å². The number of benzene rings is 1. The van der Waals surface area contributed by atoms with Crippen LogP contribution in [0.1, 0.15) is 55.4 Å². The Labute approximate surface area is 162 Å². The van der Waals surface area contributed by atoms with Gasteiger partial charge in [0.2, 0.25) is 5.95 Å². The number of anilines is 1. The topological polar surface area (TPSA) is 49.3 Å². The summed E-state index contributed by atoms with van der Waals surface area (Å²) in [7, 11) is 0. The highest BCUT2D eigenvalue weighted by Crippen LogP contribution is 2.20. The van der Waals surface area contributed by atoms with E-state index in [1.54, 1.807) is 0 Å². The van der Waals surface area contributed by atoms with Crippen molar-refractivity contribution in [3.63, 3.8) is 0 Å². The summed E-state index contributed by atoms with van der Waals surface area (Å²) in [4.78, 5) is 26.4. The highest BCUT2D eigenvalue weighted by Gasteiger charge is 2.25. The monoisotopic (exact) mass is 366 g/mol. The normalized spacial score (nSPS) is 17.2. The molecule has 1 atom stereocenters. The third kappa shape index (κ3) is 4.85. The minimum Gasteiger partial charge on any atom is -0.337 e. The minimum absolute atomic E-state index is 0.0247. The van der Waals surface area contributed by atoms with Gasteiger partial charge in [-0.15, -0.1) is 0 Å². The Balaban J connectivity index is 1.87. The molecule has 0 N–H and O–H groups in total. The zero-order valence-corrected chi connectivity index (χ0v) is 16.9. The van der Waals surface area contributed by atoms with E-state index in [0.29, 0.717) is 17.6 Å². The molecule has 1 aromatic heterocycles. The van der Waals surface area contributed by atoms with E-state index in [0.717, 1.165) is 31.7 Å². The fourth-order valence-corrected chi connectivity index (χ4v) is 3.59. The SMILES string of the molecule is Cc1cc(C(=O)N2CCCC(C)C2)nc(N(Cc2ccccc2)C(C)C)n1. The third-order valence-electron chi connectivity index (χ3n) is 5.08. The third-order valence-corrected chi connectivity index (χ3v) is 5.08. The lowest BCUT2D eigenvalue weighted by molar-refractivity contribution is 0.0677. The van der Waals surface area contributed by atoms with Gasteiger partial charge in [-0.1, -0.05) is 37.3 Å². The molecule has 0 aliphatic carbocycles. The number of hydrogen-bond acceptors (Lipinski definition) is 4. The summed E-state index contributed by atoms with van der Waals surface area (Å²) in [6.07, 6.45) is 2.26. The van der Waals surface area contributed by atoms with Gasteiger partial charge in [0.05, 0.1) is 0 Å². The summed E-state index contributed by atoms with van der Waals surface area (Å²) in [6, 6.07) is 12.3. The van der Waals surface area contributed by atoms with Crippen molar-refractivity contribution < 1.29 is 4.79 Å². The van der Waals surface area contributed by atoms with Crippen LogP contribution in [0.5, 0.6) is 0 Å². The molecule has 0 bridgehead atoms. The summed E-state index contributed by atoms with van der Waals surface area (Å²) in [5.74, 6) is 1.20. The highest BCUT2D eigenvalue weighted by atomic mass is 16.2. The number of piperidine rings is 1. The molecule has 27 heavy (non-hydrogen) atoms. The molecule has 1 aliphatic rings. The first kappa shape index (κ1) is 19.3. The quantitative estimate of drug-likeness (QED) is 0.800. The average molecular weight is 367 g/mol. The van der Waals surface area contributed by atoms with Gasteiger partial charge in [-0.05, 0) is 51.2 Å². The lowest BCUT2D eigenvalue weighted by atomic mass is 10.00. The first-order valence-corrected chi connectivity index (χ1v) is 9.89. The number of carbonyl (C=O) groups is 1. The molecule has 5 heteroatoms. The van der Waals surface area contributed by atoms with Gasteiger partial charge in [-0.25, -0.2) is 9.97 Å². The Morgan fingerprint density at radius 2 is 2.00 bits per heavy atom. The Morgan fingerprint density at radius 3 is 2.67 bits per heavy atom. The first-order chi connectivity index (χ1) is 12.9. The molecular weight excluding hydrogens is 336 g/mol. The molecule has 0 spiro atoms. The maximum Gasteiger partial charge on any atom is 0.272 e. The Hall–Kier alpha value is -2.43. The van der Waals surface area contributed by atoms with Crippen LogP contribution in [-0.2, 0) is 6.54 Å². The number of nitrogens with zero attached hydrogens (tertiary/aromatic N) is 4. The molecule has 1 amide bonds. The summed E-state index contributed by atoms with van der Waals surface area (Å²) < 4.78 is 0. The molecule has 1 saturated heterocycles. The van der Waals surface area contributed by atoms with Gasteiger partial charge in [0.1, 0.15) is 5.69 Å². The molecule has 0 radical (unpaired) electrons. The largest absolute Gasteiger partial charge is 0.337 e. The summed E-state index contributed by atoms with van der Waals surface area (Å²) in [6.45, 7) is 10.7. The van der Waals surface area contributed by atoms with Crippen LogP contribution in [0.25, 0.3) is 0 Å². The average Bonchev–Trinajstić information content (AvgIpc) is 2.65. The maximum absolute atomic E-state index is 13.0. The van der Waals surface area contributed by atoms with Crippen LogP contribution in [0.15, 0.2) is 36.4 Å². The van der Waals surface area contributed by atoms with Crippen molar-refractivity contribution in [2.45, 2.75) is 53.1 Å². The smallest absolute Gasteiger partial charge is 0.272 e. The number of rotatable bonds is 5. The Bertz CT molecular complexity index is 775. The van der Waals surface area contributed by atoms with Crippen LogP contribution in [-0.4, -0.2) is 39.9 Å². The number of amides is 1. The van der Waals surface area contributed by atoms with E-state index < -0.39 is 0 Å². The zero-order chi connectivity index (χ0) is 19.4. The van der Waals surface area contributed by atoms with Gasteiger partial charge in [-0.3, -0.25) is 4.79 Å². The molecule has 2 aromatic rings. The fourth-order valence-electron chi connectivity index (χ4n) is 3.59.